The fourth-order valence-corrected chi connectivity index (χ4v) is 4.67. The van der Waals surface area contributed by atoms with Gasteiger partial charge >= 0.3 is 6.18 Å². The molecule has 2 aromatic carbocycles. The molecule has 0 aliphatic carbocycles. The van der Waals surface area contributed by atoms with Crippen LogP contribution in [0, 0.1) is 11.3 Å². The number of hydrogen-bond donors (Lipinski definition) is 1. The van der Waals surface area contributed by atoms with E-state index in [0.29, 0.717) is 5.69 Å². The van der Waals surface area contributed by atoms with Gasteiger partial charge in [-0.1, -0.05) is 12.1 Å². The van der Waals surface area contributed by atoms with Gasteiger partial charge in [0.15, 0.2) is 5.11 Å². The van der Waals surface area contributed by atoms with Crippen molar-refractivity contribution in [1.82, 2.24) is 5.32 Å². The van der Waals surface area contributed by atoms with Crippen molar-refractivity contribution in [3.8, 4) is 6.07 Å². The first-order chi connectivity index (χ1) is 16.0. The number of anilines is 2. The Morgan fingerprint density at radius 1 is 1.15 bits per heavy atom. The van der Waals surface area contributed by atoms with Crippen LogP contribution in [0.15, 0.2) is 47.5 Å². The Morgan fingerprint density at radius 2 is 1.82 bits per heavy atom. The summed E-state index contributed by atoms with van der Waals surface area (Å²) >= 11 is 5.57. The van der Waals surface area contributed by atoms with Gasteiger partial charge in [-0.05, 0) is 68.4 Å². The molecule has 1 amide bonds. The number of nitriles is 1. The highest BCUT2D eigenvalue weighted by atomic mass is 32.1. The van der Waals surface area contributed by atoms with E-state index >= 15 is 0 Å². The molecule has 176 valence electrons. The highest BCUT2D eigenvalue weighted by Crippen LogP contribution is 2.39. The number of thiocarbonyl (C=S) groups is 1. The van der Waals surface area contributed by atoms with Gasteiger partial charge in [0.2, 0.25) is 0 Å². The van der Waals surface area contributed by atoms with Crippen molar-refractivity contribution < 1.29 is 18.0 Å². The summed E-state index contributed by atoms with van der Waals surface area (Å²) in [5.74, 6) is 0.539. The van der Waals surface area contributed by atoms with Crippen molar-refractivity contribution in [3.05, 3.63) is 59.2 Å². The van der Waals surface area contributed by atoms with E-state index in [0.717, 1.165) is 54.4 Å². The number of hydrogen-bond acceptors (Lipinski definition) is 5. The minimum atomic E-state index is -4.74. The molecule has 2 aliphatic rings. The largest absolute Gasteiger partial charge is 0.417 e. The maximum absolute atomic E-state index is 13.5. The molecule has 0 aromatic heterocycles. The van der Waals surface area contributed by atoms with Gasteiger partial charge in [0.1, 0.15) is 5.54 Å². The van der Waals surface area contributed by atoms with Crippen LogP contribution in [0.2, 0.25) is 0 Å². The van der Waals surface area contributed by atoms with Crippen LogP contribution in [-0.4, -0.2) is 35.5 Å². The van der Waals surface area contributed by atoms with Crippen LogP contribution in [0.5, 0.6) is 0 Å². The van der Waals surface area contributed by atoms with Gasteiger partial charge in [-0.25, -0.2) is 0 Å². The SMILES string of the molecule is CC1(C)C(=O)N(c2ccc(C#N)c(C(F)(F)F)c2)C(=S)N1c1ccc(CCC2=NCCN2)cc1. The second-order valence-corrected chi connectivity index (χ2v) is 8.94. The molecule has 1 fully saturated rings. The lowest BCUT2D eigenvalue weighted by atomic mass is 10.0. The number of carbonyl (C=O) groups excluding carboxylic acids is 1. The van der Waals surface area contributed by atoms with Gasteiger partial charge in [-0.2, -0.15) is 18.4 Å². The van der Waals surface area contributed by atoms with Gasteiger partial charge in [0.25, 0.3) is 5.91 Å². The minimum Gasteiger partial charge on any atom is -0.372 e. The van der Waals surface area contributed by atoms with Crippen molar-refractivity contribution in [1.29, 1.82) is 5.26 Å². The first kappa shape index (κ1) is 23.7. The Kier molecular flexibility index (Phi) is 6.08. The molecule has 2 aromatic rings. The zero-order valence-corrected chi connectivity index (χ0v) is 19.4. The number of halogens is 3. The summed E-state index contributed by atoms with van der Waals surface area (Å²) in [7, 11) is 0. The van der Waals surface area contributed by atoms with Crippen molar-refractivity contribution in [3.63, 3.8) is 0 Å². The molecule has 1 N–H and O–H groups in total. The third-order valence-electron chi connectivity index (χ3n) is 5.94. The van der Waals surface area contributed by atoms with E-state index in [2.05, 4.69) is 10.3 Å². The lowest BCUT2D eigenvalue weighted by Crippen LogP contribution is -2.44. The molecule has 4 rings (SSSR count). The molecule has 0 saturated carbocycles. The summed E-state index contributed by atoms with van der Waals surface area (Å²) in [6, 6.07) is 12.3. The number of aryl methyl sites for hydroxylation is 1. The van der Waals surface area contributed by atoms with Gasteiger partial charge in [-0.15, -0.1) is 0 Å². The fourth-order valence-electron chi connectivity index (χ4n) is 4.15. The van der Waals surface area contributed by atoms with Crippen molar-refractivity contribution in [2.75, 3.05) is 22.9 Å². The number of carbonyl (C=O) groups is 1. The van der Waals surface area contributed by atoms with Gasteiger partial charge in [0, 0.05) is 18.7 Å². The van der Waals surface area contributed by atoms with Crippen molar-refractivity contribution in [2.24, 2.45) is 4.99 Å². The first-order valence-electron chi connectivity index (χ1n) is 10.7. The average Bonchev–Trinajstić information content (AvgIpc) is 3.37. The molecule has 0 radical (unpaired) electrons. The molecule has 6 nitrogen and oxygen atoms in total. The number of rotatable bonds is 5. The van der Waals surface area contributed by atoms with E-state index in [1.54, 1.807) is 24.8 Å². The molecule has 0 spiro atoms. The van der Waals surface area contributed by atoms with Gasteiger partial charge < -0.3 is 10.2 Å². The van der Waals surface area contributed by atoms with Crippen LogP contribution in [0.25, 0.3) is 0 Å². The molecule has 0 atom stereocenters. The number of benzene rings is 2. The molecule has 0 unspecified atom stereocenters. The third kappa shape index (κ3) is 4.23. The van der Waals surface area contributed by atoms with Crippen LogP contribution < -0.4 is 15.1 Å². The van der Waals surface area contributed by atoms with Crippen molar-refractivity contribution in [2.45, 2.75) is 38.4 Å². The number of amides is 1. The Labute approximate surface area is 200 Å². The second kappa shape index (κ2) is 8.72. The lowest BCUT2D eigenvalue weighted by Gasteiger charge is -2.29. The van der Waals surface area contributed by atoms with Crippen molar-refractivity contribution >= 4 is 40.4 Å². The second-order valence-electron chi connectivity index (χ2n) is 8.58. The summed E-state index contributed by atoms with van der Waals surface area (Å²) in [6.45, 7) is 5.01. The molecule has 10 heteroatoms. The molecule has 1 saturated heterocycles. The number of alkyl halides is 3. The summed E-state index contributed by atoms with van der Waals surface area (Å²) < 4.78 is 40.4. The Morgan fingerprint density at radius 3 is 2.41 bits per heavy atom. The highest BCUT2D eigenvalue weighted by molar-refractivity contribution is 7.81. The van der Waals surface area contributed by atoms with E-state index < -0.39 is 28.7 Å². The topological polar surface area (TPSA) is 71.7 Å². The Balaban J connectivity index is 1.62. The van der Waals surface area contributed by atoms with E-state index in [4.69, 9.17) is 17.5 Å². The fraction of sp³-hybridized carbons (Fsp3) is 0.333. The standard InChI is InChI=1S/C24H22F3N5OS/c1-23(2)21(33)31(18-9-6-16(14-28)19(13-18)24(25,26)27)22(34)32(23)17-7-3-15(4-8-17)5-10-20-29-11-12-30-20/h3-4,6-9,13H,5,10-12H2,1-2H3,(H,29,30). The predicted molar refractivity (Wildman–Crippen MR) is 128 cm³/mol. The molecule has 2 heterocycles. The quantitative estimate of drug-likeness (QED) is 0.635. The summed E-state index contributed by atoms with van der Waals surface area (Å²) in [6.07, 6.45) is -3.13. The van der Waals surface area contributed by atoms with E-state index in [9.17, 15) is 18.0 Å². The van der Waals surface area contributed by atoms with E-state index in [-0.39, 0.29) is 10.8 Å². The number of nitrogens with one attached hydrogen (secondary N) is 1. The van der Waals surface area contributed by atoms with Crippen LogP contribution >= 0.6 is 12.2 Å². The molecule has 0 bridgehead atoms. The zero-order chi connectivity index (χ0) is 24.7. The normalized spacial score (nSPS) is 17.6. The smallest absolute Gasteiger partial charge is 0.372 e. The monoisotopic (exact) mass is 485 g/mol. The lowest BCUT2D eigenvalue weighted by molar-refractivity contribution is -0.137. The molecular formula is C24H22F3N5OS. The van der Waals surface area contributed by atoms with E-state index in [1.807, 2.05) is 24.3 Å². The van der Waals surface area contributed by atoms with Crippen LogP contribution in [0.1, 0.15) is 37.0 Å². The predicted octanol–water partition coefficient (Wildman–Crippen LogP) is 4.43. The maximum atomic E-state index is 13.5. The Hall–Kier alpha value is -3.45. The van der Waals surface area contributed by atoms with Crippen LogP contribution in [-0.2, 0) is 17.4 Å². The van der Waals surface area contributed by atoms with Gasteiger partial charge in [0.05, 0.1) is 35.3 Å². The first-order valence-corrected chi connectivity index (χ1v) is 11.1. The number of aliphatic imine (C=N–C) groups is 1. The highest BCUT2D eigenvalue weighted by Gasteiger charge is 2.50. The third-order valence-corrected chi connectivity index (χ3v) is 6.31. The van der Waals surface area contributed by atoms with E-state index in [1.165, 1.54) is 6.07 Å². The molecule has 34 heavy (non-hydrogen) atoms. The number of nitrogens with zero attached hydrogens (tertiary/aromatic N) is 4. The average molecular weight is 486 g/mol. The Bertz CT molecular complexity index is 1210. The van der Waals surface area contributed by atoms with Gasteiger partial charge in [-0.3, -0.25) is 14.7 Å². The maximum Gasteiger partial charge on any atom is 0.417 e. The summed E-state index contributed by atoms with van der Waals surface area (Å²) in [4.78, 5) is 20.4. The molecular weight excluding hydrogens is 463 g/mol. The molecule has 2 aliphatic heterocycles. The zero-order valence-electron chi connectivity index (χ0n) is 18.6. The van der Waals surface area contributed by atoms with Crippen LogP contribution in [0.3, 0.4) is 0 Å². The van der Waals surface area contributed by atoms with Crippen LogP contribution in [0.4, 0.5) is 24.5 Å². The summed E-state index contributed by atoms with van der Waals surface area (Å²) in [5, 5.41) is 12.4. The number of amidine groups is 1. The summed E-state index contributed by atoms with van der Waals surface area (Å²) in [5.41, 5.74) is -1.01. The minimum absolute atomic E-state index is 0.0293.